The maximum atomic E-state index is 12.1. The summed E-state index contributed by atoms with van der Waals surface area (Å²) in [7, 11) is 0. The zero-order valence-corrected chi connectivity index (χ0v) is 14.7. The number of benzene rings is 2. The van der Waals surface area contributed by atoms with Crippen LogP contribution in [0.1, 0.15) is 49.5 Å². The minimum Gasteiger partial charge on any atom is -0.371 e. The fourth-order valence-corrected chi connectivity index (χ4v) is 3.63. The molecule has 1 saturated heterocycles. The molecular weight excluding hydrogens is 327 g/mol. The Labute approximate surface area is 147 Å². The Balaban J connectivity index is 1.80. The first kappa shape index (κ1) is 17.2. The average molecular weight is 349 g/mol. The predicted molar refractivity (Wildman–Crippen MR) is 94.1 cm³/mol. The van der Waals surface area contributed by atoms with Crippen LogP contribution < -0.4 is 4.94 Å². The van der Waals surface area contributed by atoms with Gasteiger partial charge in [0.05, 0.1) is 12.2 Å². The number of rotatable bonds is 4. The smallest absolute Gasteiger partial charge is 0.171 e. The molecule has 24 heavy (non-hydrogen) atoms. The lowest BCUT2D eigenvalue weighted by atomic mass is 9.89. The highest BCUT2D eigenvalue weighted by Gasteiger charge is 2.26. The van der Waals surface area contributed by atoms with Crippen molar-refractivity contribution >= 4 is 11.6 Å². The van der Waals surface area contributed by atoms with Gasteiger partial charge < -0.3 is 4.74 Å². The van der Waals surface area contributed by atoms with E-state index in [4.69, 9.17) is 16.3 Å². The molecule has 0 radical (unpaired) electrons. The van der Waals surface area contributed by atoms with Gasteiger partial charge in [-0.3, -0.25) is 4.94 Å². The van der Waals surface area contributed by atoms with Gasteiger partial charge in [0.2, 0.25) is 0 Å². The van der Waals surface area contributed by atoms with E-state index in [-0.39, 0.29) is 18.0 Å². The molecule has 128 valence electrons. The van der Waals surface area contributed by atoms with Crippen LogP contribution in [0.15, 0.2) is 42.5 Å². The summed E-state index contributed by atoms with van der Waals surface area (Å²) in [6.07, 6.45) is 3.25. The number of hydrogen-bond donors (Lipinski definition) is 0. The van der Waals surface area contributed by atoms with Crippen molar-refractivity contribution in [3.8, 4) is 5.75 Å². The minimum absolute atomic E-state index is 0.127. The zero-order chi connectivity index (χ0) is 17.1. The Bertz CT molecular complexity index is 677. The minimum atomic E-state index is 0.127. The van der Waals surface area contributed by atoms with Crippen LogP contribution in [0.4, 0.5) is 4.53 Å². The van der Waals surface area contributed by atoms with E-state index in [2.05, 4.69) is 30.9 Å². The maximum absolute atomic E-state index is 12.1. The summed E-state index contributed by atoms with van der Waals surface area (Å²) in [5.41, 5.74) is 3.29. The van der Waals surface area contributed by atoms with Crippen molar-refractivity contribution in [2.24, 2.45) is 5.92 Å². The van der Waals surface area contributed by atoms with E-state index in [1.54, 1.807) is 12.1 Å². The van der Waals surface area contributed by atoms with Crippen LogP contribution in [-0.2, 0) is 11.2 Å². The molecule has 1 heterocycles. The van der Waals surface area contributed by atoms with Crippen LogP contribution in [0, 0.1) is 5.92 Å². The lowest BCUT2D eigenvalue weighted by Gasteiger charge is -2.32. The van der Waals surface area contributed by atoms with Gasteiger partial charge in [-0.15, -0.1) is 0 Å². The summed E-state index contributed by atoms with van der Waals surface area (Å²) in [6.45, 7) is 4.41. The topological polar surface area (TPSA) is 18.5 Å². The Hall–Kier alpha value is -1.58. The highest BCUT2D eigenvalue weighted by molar-refractivity contribution is 6.31. The SMILES string of the molecule is C[C@H]1C[C@@H](C)O[C@@H](c2ccc(Cl)c(Cc3ccc(OF)cc3)c2)C1. The first-order valence-electron chi connectivity index (χ1n) is 8.36. The fraction of sp³-hybridized carbons (Fsp3) is 0.400. The molecule has 2 aromatic carbocycles. The number of ether oxygens (including phenoxy) is 1. The molecule has 2 aromatic rings. The molecule has 0 aromatic heterocycles. The molecule has 0 amide bonds. The Morgan fingerprint density at radius 2 is 1.88 bits per heavy atom. The Kier molecular flexibility index (Phi) is 5.42. The van der Waals surface area contributed by atoms with Gasteiger partial charge in [0.15, 0.2) is 5.75 Å². The highest BCUT2D eigenvalue weighted by atomic mass is 35.5. The Morgan fingerprint density at radius 1 is 1.12 bits per heavy atom. The van der Waals surface area contributed by atoms with Crippen LogP contribution in [0.2, 0.25) is 5.02 Å². The molecule has 0 bridgehead atoms. The van der Waals surface area contributed by atoms with E-state index < -0.39 is 0 Å². The first-order valence-corrected chi connectivity index (χ1v) is 8.74. The van der Waals surface area contributed by atoms with E-state index in [1.807, 2.05) is 18.2 Å². The summed E-state index contributed by atoms with van der Waals surface area (Å²) in [6, 6.07) is 13.1. The van der Waals surface area contributed by atoms with Gasteiger partial charge in [-0.25, -0.2) is 0 Å². The molecule has 1 aliphatic rings. The molecule has 1 aliphatic heterocycles. The second kappa shape index (κ2) is 7.54. The van der Waals surface area contributed by atoms with E-state index in [0.717, 1.165) is 29.0 Å². The molecule has 4 heteroatoms. The Morgan fingerprint density at radius 3 is 2.54 bits per heavy atom. The molecule has 0 saturated carbocycles. The lowest BCUT2D eigenvalue weighted by molar-refractivity contribution is -0.0604. The first-order chi connectivity index (χ1) is 11.5. The molecule has 1 fully saturated rings. The second-order valence-electron chi connectivity index (χ2n) is 6.76. The summed E-state index contributed by atoms with van der Waals surface area (Å²) in [5.74, 6) is 0.864. The zero-order valence-electron chi connectivity index (χ0n) is 14.0. The third kappa shape index (κ3) is 4.08. The molecule has 0 unspecified atom stereocenters. The molecule has 2 nitrogen and oxygen atoms in total. The number of hydrogen-bond acceptors (Lipinski definition) is 2. The van der Waals surface area contributed by atoms with Crippen molar-refractivity contribution in [2.45, 2.75) is 45.3 Å². The standard InChI is InChI=1S/C20H22ClFO2/c1-13-9-14(2)23-20(10-13)16-5-8-19(21)17(12-16)11-15-3-6-18(24-22)7-4-15/h3-8,12-14,20H,9-11H2,1-2H3/t13-,14+,20+/m0/s1. The van der Waals surface area contributed by atoms with Gasteiger partial charge >= 0.3 is 0 Å². The van der Waals surface area contributed by atoms with Gasteiger partial charge in [0.1, 0.15) is 0 Å². The van der Waals surface area contributed by atoms with Crippen LogP contribution in [0.3, 0.4) is 0 Å². The predicted octanol–water partition coefficient (Wildman–Crippen LogP) is 6.07. The maximum Gasteiger partial charge on any atom is 0.171 e. The summed E-state index contributed by atoms with van der Waals surface area (Å²) < 4.78 is 18.3. The van der Waals surface area contributed by atoms with Crippen molar-refractivity contribution in [3.05, 3.63) is 64.2 Å². The van der Waals surface area contributed by atoms with Gasteiger partial charge in [0.25, 0.3) is 0 Å². The summed E-state index contributed by atoms with van der Waals surface area (Å²) >= 11 is 6.38. The summed E-state index contributed by atoms with van der Waals surface area (Å²) in [5, 5.41) is 0.737. The molecule has 3 rings (SSSR count). The average Bonchev–Trinajstić information content (AvgIpc) is 2.56. The van der Waals surface area contributed by atoms with Crippen LogP contribution in [0.5, 0.6) is 5.75 Å². The van der Waals surface area contributed by atoms with Crippen molar-refractivity contribution in [1.29, 1.82) is 0 Å². The monoisotopic (exact) mass is 348 g/mol. The van der Waals surface area contributed by atoms with Gasteiger partial charge in [-0.05, 0) is 67.0 Å². The third-order valence-electron chi connectivity index (χ3n) is 4.60. The second-order valence-corrected chi connectivity index (χ2v) is 7.17. The van der Waals surface area contributed by atoms with Gasteiger partial charge in [-0.2, -0.15) is 0 Å². The van der Waals surface area contributed by atoms with Crippen molar-refractivity contribution < 1.29 is 14.2 Å². The van der Waals surface area contributed by atoms with Crippen LogP contribution in [-0.4, -0.2) is 6.10 Å². The largest absolute Gasteiger partial charge is 0.371 e. The quantitative estimate of drug-likeness (QED) is 0.667. The van der Waals surface area contributed by atoms with E-state index >= 15 is 0 Å². The van der Waals surface area contributed by atoms with E-state index in [0.29, 0.717) is 12.3 Å². The molecular formula is C20H22ClFO2. The summed E-state index contributed by atoms with van der Waals surface area (Å²) in [4.78, 5) is 3.72. The van der Waals surface area contributed by atoms with Crippen molar-refractivity contribution in [3.63, 3.8) is 0 Å². The fourth-order valence-electron chi connectivity index (χ4n) is 3.44. The lowest BCUT2D eigenvalue weighted by Crippen LogP contribution is -2.24. The number of halogens is 2. The van der Waals surface area contributed by atoms with Crippen LogP contribution in [0.25, 0.3) is 0 Å². The molecule has 0 spiro atoms. The van der Waals surface area contributed by atoms with Crippen molar-refractivity contribution in [1.82, 2.24) is 0 Å². The molecule has 3 atom stereocenters. The highest BCUT2D eigenvalue weighted by Crippen LogP contribution is 2.36. The third-order valence-corrected chi connectivity index (χ3v) is 4.96. The molecule has 0 aliphatic carbocycles. The van der Waals surface area contributed by atoms with E-state index in [9.17, 15) is 4.53 Å². The normalized spacial score (nSPS) is 23.9. The van der Waals surface area contributed by atoms with Gasteiger partial charge in [0, 0.05) is 9.55 Å². The van der Waals surface area contributed by atoms with Crippen molar-refractivity contribution in [2.75, 3.05) is 0 Å². The van der Waals surface area contributed by atoms with Gasteiger partial charge in [-0.1, -0.05) is 42.8 Å². The van der Waals surface area contributed by atoms with Crippen LogP contribution >= 0.6 is 11.6 Å². The molecule has 0 N–H and O–H groups in total. The van der Waals surface area contributed by atoms with E-state index in [1.165, 1.54) is 5.56 Å².